The molecule has 1 unspecified atom stereocenters. The van der Waals surface area contributed by atoms with E-state index in [0.29, 0.717) is 12.5 Å². The Morgan fingerprint density at radius 3 is 2.16 bits per heavy atom. The van der Waals surface area contributed by atoms with Gasteiger partial charge in [0.05, 0.1) is 17.5 Å². The predicted molar refractivity (Wildman–Crippen MR) is 123 cm³/mol. The number of sulfonamides is 1. The second kappa shape index (κ2) is 10.3. The quantitative estimate of drug-likeness (QED) is 0.652. The maximum absolute atomic E-state index is 12.7. The Bertz CT molecular complexity index is 954. The van der Waals surface area contributed by atoms with Crippen LogP contribution in [0.25, 0.3) is 0 Å². The van der Waals surface area contributed by atoms with Crippen LogP contribution in [0.15, 0.2) is 59.5 Å². The summed E-state index contributed by atoms with van der Waals surface area (Å²) in [6.45, 7) is 7.79. The molecule has 0 aliphatic carbocycles. The van der Waals surface area contributed by atoms with Crippen LogP contribution in [0.4, 0.5) is 5.69 Å². The van der Waals surface area contributed by atoms with E-state index in [1.807, 2.05) is 18.2 Å². The Morgan fingerprint density at radius 2 is 1.61 bits per heavy atom. The molecule has 0 spiro atoms. The molecular weight excluding hydrogens is 412 g/mol. The number of carbonyl (C=O) groups is 1. The molecule has 168 valence electrons. The average Bonchev–Trinajstić information content (AvgIpc) is 2.73. The third-order valence-electron chi connectivity index (χ3n) is 5.51. The minimum absolute atomic E-state index is 0.0207. The third kappa shape index (κ3) is 6.78. The summed E-state index contributed by atoms with van der Waals surface area (Å²) in [5, 5.41) is 8.37. The zero-order valence-electron chi connectivity index (χ0n) is 18.2. The molecule has 1 saturated heterocycles. The number of primary sulfonamides is 1. The maximum Gasteiger partial charge on any atom is 0.238 e. The zero-order chi connectivity index (χ0) is 22.4. The average molecular weight is 445 g/mol. The minimum atomic E-state index is -3.68. The molecule has 0 bridgehead atoms. The van der Waals surface area contributed by atoms with E-state index in [0.717, 1.165) is 43.9 Å². The fraction of sp³-hybridized carbons (Fsp3) is 0.435. The van der Waals surface area contributed by atoms with Crippen molar-refractivity contribution in [3.63, 3.8) is 0 Å². The number of hydrogen-bond acceptors (Lipinski definition) is 5. The van der Waals surface area contributed by atoms with Crippen molar-refractivity contribution in [3.05, 3.63) is 60.2 Å². The van der Waals surface area contributed by atoms with Crippen molar-refractivity contribution in [2.75, 3.05) is 37.6 Å². The fourth-order valence-electron chi connectivity index (χ4n) is 3.89. The Labute approximate surface area is 185 Å². The van der Waals surface area contributed by atoms with Crippen LogP contribution in [0.5, 0.6) is 0 Å². The van der Waals surface area contributed by atoms with Gasteiger partial charge in [-0.25, -0.2) is 13.6 Å². The van der Waals surface area contributed by atoms with Gasteiger partial charge in [0.25, 0.3) is 0 Å². The number of nitrogens with two attached hydrogens (primary N) is 1. The van der Waals surface area contributed by atoms with Gasteiger partial charge in [0.1, 0.15) is 0 Å². The topological polar surface area (TPSA) is 95.7 Å². The molecule has 1 atom stereocenters. The maximum atomic E-state index is 12.7. The molecule has 3 rings (SSSR count). The highest BCUT2D eigenvalue weighted by Crippen LogP contribution is 2.22. The van der Waals surface area contributed by atoms with Crippen LogP contribution in [0.2, 0.25) is 0 Å². The number of rotatable bonds is 8. The molecule has 1 fully saturated rings. The van der Waals surface area contributed by atoms with E-state index in [-0.39, 0.29) is 16.8 Å². The number of nitrogens with zero attached hydrogens (tertiary/aromatic N) is 2. The molecule has 31 heavy (non-hydrogen) atoms. The molecule has 1 aliphatic rings. The van der Waals surface area contributed by atoms with E-state index in [9.17, 15) is 13.2 Å². The van der Waals surface area contributed by atoms with Gasteiger partial charge in [0, 0.05) is 31.9 Å². The van der Waals surface area contributed by atoms with Crippen molar-refractivity contribution in [3.8, 4) is 0 Å². The molecule has 1 amide bonds. The molecular formula is C23H32N4O3S. The van der Waals surface area contributed by atoms with Crippen LogP contribution in [0.3, 0.4) is 0 Å². The van der Waals surface area contributed by atoms with Crippen LogP contribution < -0.4 is 15.4 Å². The lowest BCUT2D eigenvalue weighted by atomic mass is 9.97. The summed E-state index contributed by atoms with van der Waals surface area (Å²) < 4.78 is 22.8. The van der Waals surface area contributed by atoms with E-state index >= 15 is 0 Å². The lowest BCUT2D eigenvalue weighted by molar-refractivity contribution is -0.123. The van der Waals surface area contributed by atoms with Crippen LogP contribution in [-0.2, 0) is 14.8 Å². The van der Waals surface area contributed by atoms with Crippen molar-refractivity contribution in [1.82, 2.24) is 10.2 Å². The number of nitrogens with one attached hydrogen (secondary N) is 1. The molecule has 3 N–H and O–H groups in total. The summed E-state index contributed by atoms with van der Waals surface area (Å²) in [6, 6.07) is 16.8. The first-order valence-electron chi connectivity index (χ1n) is 10.7. The Kier molecular flexibility index (Phi) is 7.69. The van der Waals surface area contributed by atoms with Crippen molar-refractivity contribution in [2.24, 2.45) is 11.1 Å². The minimum Gasteiger partial charge on any atom is -0.369 e. The smallest absolute Gasteiger partial charge is 0.238 e. The van der Waals surface area contributed by atoms with E-state index in [1.165, 1.54) is 12.1 Å². The molecule has 0 radical (unpaired) electrons. The molecule has 2 aromatic carbocycles. The van der Waals surface area contributed by atoms with E-state index in [2.05, 4.69) is 41.1 Å². The van der Waals surface area contributed by atoms with Gasteiger partial charge in [-0.1, -0.05) is 44.2 Å². The van der Waals surface area contributed by atoms with Crippen LogP contribution >= 0.6 is 0 Å². The lowest BCUT2D eigenvalue weighted by Crippen LogP contribution is -2.49. The number of piperazine rings is 1. The van der Waals surface area contributed by atoms with Crippen molar-refractivity contribution < 1.29 is 13.2 Å². The number of carbonyl (C=O) groups excluding carboxylic acids is 1. The highest BCUT2D eigenvalue weighted by Gasteiger charge is 2.22. The predicted octanol–water partition coefficient (Wildman–Crippen LogP) is 2.36. The van der Waals surface area contributed by atoms with Crippen molar-refractivity contribution in [2.45, 2.75) is 31.2 Å². The monoisotopic (exact) mass is 444 g/mol. The highest BCUT2D eigenvalue weighted by atomic mass is 32.2. The Balaban J connectivity index is 1.52. The molecule has 0 aromatic heterocycles. The molecule has 1 aliphatic heterocycles. The van der Waals surface area contributed by atoms with Gasteiger partial charge in [0.15, 0.2) is 0 Å². The Morgan fingerprint density at radius 1 is 1.00 bits per heavy atom. The van der Waals surface area contributed by atoms with Gasteiger partial charge in [-0.15, -0.1) is 0 Å². The number of hydrogen-bond donors (Lipinski definition) is 2. The highest BCUT2D eigenvalue weighted by molar-refractivity contribution is 7.89. The summed E-state index contributed by atoms with van der Waals surface area (Å²) in [5.41, 5.74) is 2.09. The molecule has 1 heterocycles. The summed E-state index contributed by atoms with van der Waals surface area (Å²) in [6.07, 6.45) is 0.901. The zero-order valence-corrected chi connectivity index (χ0v) is 19.0. The van der Waals surface area contributed by atoms with Crippen LogP contribution in [-0.4, -0.2) is 51.9 Å². The summed E-state index contributed by atoms with van der Waals surface area (Å²) in [7, 11) is -3.68. The van der Waals surface area contributed by atoms with Crippen molar-refractivity contribution in [1.29, 1.82) is 0 Å². The van der Waals surface area contributed by atoms with E-state index in [1.54, 1.807) is 12.1 Å². The Hall–Kier alpha value is -2.42. The first-order chi connectivity index (χ1) is 14.7. The summed E-state index contributed by atoms with van der Waals surface area (Å²) in [5.74, 6) is 0.523. The first-order valence-corrected chi connectivity index (χ1v) is 12.2. The van der Waals surface area contributed by atoms with Gasteiger partial charge in [0.2, 0.25) is 15.9 Å². The largest absolute Gasteiger partial charge is 0.369 e. The normalized spacial score (nSPS) is 16.3. The molecule has 2 aromatic rings. The standard InChI is InChI=1S/C23H32N4O3S/c1-18(2)16-22(19-6-4-3-5-7-19)25-23(28)17-26-12-14-27(15-13-26)20-8-10-21(11-9-20)31(24,29)30/h3-11,18,22H,12-17H2,1-2H3,(H,25,28)(H2,24,29,30). The summed E-state index contributed by atoms with van der Waals surface area (Å²) >= 11 is 0. The first kappa shape index (κ1) is 23.2. The van der Waals surface area contributed by atoms with E-state index < -0.39 is 10.0 Å². The van der Waals surface area contributed by atoms with Gasteiger partial charge in [-0.3, -0.25) is 9.69 Å². The molecule has 7 nitrogen and oxygen atoms in total. The second-order valence-electron chi connectivity index (χ2n) is 8.46. The van der Waals surface area contributed by atoms with Crippen LogP contribution in [0.1, 0.15) is 31.9 Å². The SMILES string of the molecule is CC(C)CC(NC(=O)CN1CCN(c2ccc(S(N)(=O)=O)cc2)CC1)c1ccccc1. The second-order valence-corrected chi connectivity index (χ2v) is 10.0. The van der Waals surface area contributed by atoms with Gasteiger partial charge in [-0.05, 0) is 42.2 Å². The molecule has 8 heteroatoms. The van der Waals surface area contributed by atoms with Gasteiger partial charge in [-0.2, -0.15) is 0 Å². The summed E-state index contributed by atoms with van der Waals surface area (Å²) in [4.78, 5) is 17.2. The number of benzene rings is 2. The molecule has 0 saturated carbocycles. The van der Waals surface area contributed by atoms with Crippen LogP contribution in [0, 0.1) is 5.92 Å². The van der Waals surface area contributed by atoms with Gasteiger partial charge < -0.3 is 10.2 Å². The third-order valence-corrected chi connectivity index (χ3v) is 6.44. The number of anilines is 1. The van der Waals surface area contributed by atoms with E-state index in [4.69, 9.17) is 5.14 Å². The van der Waals surface area contributed by atoms with Gasteiger partial charge >= 0.3 is 0 Å². The fourth-order valence-corrected chi connectivity index (χ4v) is 4.40. The lowest BCUT2D eigenvalue weighted by Gasteiger charge is -2.36. The number of amides is 1. The van der Waals surface area contributed by atoms with Crippen molar-refractivity contribution >= 4 is 21.6 Å².